The maximum atomic E-state index is 5.98. The summed E-state index contributed by atoms with van der Waals surface area (Å²) in [7, 11) is 1.65. The van der Waals surface area contributed by atoms with E-state index in [0.29, 0.717) is 15.2 Å². The van der Waals surface area contributed by atoms with E-state index in [9.17, 15) is 0 Å². The summed E-state index contributed by atoms with van der Waals surface area (Å²) in [6.45, 7) is 1.90. The SMILES string of the molecule is CN=C(N)Sc1ccc(Cl)c(Cl)c1C. The number of thioether (sulfide) groups is 1. The fraction of sp³-hybridized carbons (Fsp3) is 0.222. The molecule has 0 saturated carbocycles. The Morgan fingerprint density at radius 2 is 2.07 bits per heavy atom. The van der Waals surface area contributed by atoms with E-state index in [0.717, 1.165) is 10.5 Å². The van der Waals surface area contributed by atoms with Crippen molar-refractivity contribution < 1.29 is 0 Å². The van der Waals surface area contributed by atoms with E-state index in [1.807, 2.05) is 13.0 Å². The van der Waals surface area contributed by atoms with E-state index < -0.39 is 0 Å². The van der Waals surface area contributed by atoms with Gasteiger partial charge in [-0.05, 0) is 24.6 Å². The van der Waals surface area contributed by atoms with Crippen LogP contribution in [-0.4, -0.2) is 12.2 Å². The zero-order chi connectivity index (χ0) is 10.7. The predicted octanol–water partition coefficient (Wildman–Crippen LogP) is 3.34. The number of hydrogen-bond donors (Lipinski definition) is 1. The fourth-order valence-corrected chi connectivity index (χ4v) is 2.04. The van der Waals surface area contributed by atoms with Crippen molar-refractivity contribution in [1.82, 2.24) is 0 Å². The van der Waals surface area contributed by atoms with E-state index in [1.165, 1.54) is 11.8 Å². The van der Waals surface area contributed by atoms with Crippen molar-refractivity contribution in [2.45, 2.75) is 11.8 Å². The highest BCUT2D eigenvalue weighted by molar-refractivity contribution is 8.13. The first-order valence-electron chi connectivity index (χ1n) is 3.91. The maximum absolute atomic E-state index is 5.98. The monoisotopic (exact) mass is 248 g/mol. The van der Waals surface area contributed by atoms with E-state index >= 15 is 0 Å². The van der Waals surface area contributed by atoms with Gasteiger partial charge in [-0.3, -0.25) is 4.99 Å². The van der Waals surface area contributed by atoms with Crippen molar-refractivity contribution in [2.75, 3.05) is 7.05 Å². The lowest BCUT2D eigenvalue weighted by molar-refractivity contribution is 1.31. The summed E-state index contributed by atoms with van der Waals surface area (Å²) in [4.78, 5) is 4.83. The molecule has 1 aromatic rings. The summed E-state index contributed by atoms with van der Waals surface area (Å²) in [5.41, 5.74) is 6.53. The summed E-state index contributed by atoms with van der Waals surface area (Å²) in [6.07, 6.45) is 0. The first-order chi connectivity index (χ1) is 6.56. The summed E-state index contributed by atoms with van der Waals surface area (Å²) in [6, 6.07) is 3.63. The van der Waals surface area contributed by atoms with Crippen molar-refractivity contribution in [1.29, 1.82) is 0 Å². The van der Waals surface area contributed by atoms with Crippen molar-refractivity contribution in [2.24, 2.45) is 10.7 Å². The number of nitrogens with two attached hydrogens (primary N) is 1. The molecule has 0 heterocycles. The Labute approximate surface area is 97.5 Å². The Morgan fingerprint density at radius 3 is 2.64 bits per heavy atom. The molecular weight excluding hydrogens is 239 g/mol. The molecule has 0 aromatic heterocycles. The number of hydrogen-bond acceptors (Lipinski definition) is 2. The van der Waals surface area contributed by atoms with Gasteiger partial charge in [0.15, 0.2) is 5.17 Å². The van der Waals surface area contributed by atoms with Crippen LogP contribution in [0, 0.1) is 6.92 Å². The minimum atomic E-state index is 0.506. The van der Waals surface area contributed by atoms with Crippen LogP contribution in [-0.2, 0) is 0 Å². The molecule has 0 radical (unpaired) electrons. The average molecular weight is 249 g/mol. The lowest BCUT2D eigenvalue weighted by Crippen LogP contribution is -2.05. The van der Waals surface area contributed by atoms with Gasteiger partial charge in [-0.25, -0.2) is 0 Å². The molecule has 0 aliphatic carbocycles. The Bertz CT molecular complexity index is 377. The normalized spacial score (nSPS) is 11.9. The van der Waals surface area contributed by atoms with Crippen LogP contribution in [0.2, 0.25) is 10.0 Å². The van der Waals surface area contributed by atoms with Crippen LogP contribution in [0.25, 0.3) is 0 Å². The van der Waals surface area contributed by atoms with E-state index in [2.05, 4.69) is 4.99 Å². The third-order valence-electron chi connectivity index (χ3n) is 1.72. The van der Waals surface area contributed by atoms with Crippen LogP contribution in [0.15, 0.2) is 22.0 Å². The molecule has 1 rings (SSSR count). The van der Waals surface area contributed by atoms with Gasteiger partial charge in [-0.2, -0.15) is 0 Å². The van der Waals surface area contributed by atoms with Gasteiger partial charge >= 0.3 is 0 Å². The van der Waals surface area contributed by atoms with Crippen LogP contribution in [0.5, 0.6) is 0 Å². The molecule has 5 heteroatoms. The van der Waals surface area contributed by atoms with Crippen LogP contribution < -0.4 is 5.73 Å². The Hall–Kier alpha value is -0.380. The lowest BCUT2D eigenvalue weighted by Gasteiger charge is -2.07. The van der Waals surface area contributed by atoms with Gasteiger partial charge in [-0.15, -0.1) is 0 Å². The third-order valence-corrected chi connectivity index (χ3v) is 3.68. The second kappa shape index (κ2) is 4.91. The van der Waals surface area contributed by atoms with Crippen LogP contribution in [0.3, 0.4) is 0 Å². The predicted molar refractivity (Wildman–Crippen MR) is 64.6 cm³/mol. The molecule has 0 aliphatic heterocycles. The first-order valence-corrected chi connectivity index (χ1v) is 5.48. The zero-order valence-electron chi connectivity index (χ0n) is 7.84. The van der Waals surface area contributed by atoms with Crippen LogP contribution in [0.4, 0.5) is 0 Å². The van der Waals surface area contributed by atoms with Crippen LogP contribution in [0.1, 0.15) is 5.56 Å². The van der Waals surface area contributed by atoms with Gasteiger partial charge in [0.2, 0.25) is 0 Å². The fourth-order valence-electron chi connectivity index (χ4n) is 0.903. The molecule has 2 N–H and O–H groups in total. The highest BCUT2D eigenvalue weighted by Gasteiger charge is 2.08. The van der Waals surface area contributed by atoms with Crippen molar-refractivity contribution in [3.63, 3.8) is 0 Å². The molecule has 0 aliphatic rings. The number of amidine groups is 1. The Kier molecular flexibility index (Phi) is 4.11. The topological polar surface area (TPSA) is 38.4 Å². The van der Waals surface area contributed by atoms with E-state index in [4.69, 9.17) is 28.9 Å². The summed E-state index contributed by atoms with van der Waals surface area (Å²) < 4.78 is 0. The van der Waals surface area contributed by atoms with Gasteiger partial charge in [0, 0.05) is 11.9 Å². The largest absolute Gasteiger partial charge is 0.378 e. The number of rotatable bonds is 1. The summed E-state index contributed by atoms with van der Waals surface area (Å²) in [5, 5.41) is 1.63. The minimum Gasteiger partial charge on any atom is -0.378 e. The Balaban J connectivity index is 3.06. The second-order valence-electron chi connectivity index (χ2n) is 2.65. The van der Waals surface area contributed by atoms with E-state index in [-0.39, 0.29) is 0 Å². The highest BCUT2D eigenvalue weighted by atomic mass is 35.5. The second-order valence-corrected chi connectivity index (χ2v) is 4.50. The molecule has 0 fully saturated rings. The molecule has 0 unspecified atom stereocenters. The molecule has 0 atom stereocenters. The summed E-state index contributed by atoms with van der Waals surface area (Å²) >= 11 is 13.2. The lowest BCUT2D eigenvalue weighted by atomic mass is 10.2. The molecule has 14 heavy (non-hydrogen) atoms. The first kappa shape index (κ1) is 11.7. The molecular formula is C9H10Cl2N2S. The summed E-state index contributed by atoms with van der Waals surface area (Å²) in [5.74, 6) is 0. The van der Waals surface area contributed by atoms with Crippen molar-refractivity contribution in [3.8, 4) is 0 Å². The molecule has 2 nitrogen and oxygen atoms in total. The number of aliphatic imine (C=N–C) groups is 1. The van der Waals surface area contributed by atoms with Crippen molar-refractivity contribution >= 4 is 40.1 Å². The minimum absolute atomic E-state index is 0.506. The highest BCUT2D eigenvalue weighted by Crippen LogP contribution is 2.32. The van der Waals surface area contributed by atoms with Crippen molar-refractivity contribution in [3.05, 3.63) is 27.7 Å². The average Bonchev–Trinajstić information content (AvgIpc) is 2.19. The smallest absolute Gasteiger partial charge is 0.158 e. The van der Waals surface area contributed by atoms with Crippen LogP contribution >= 0.6 is 35.0 Å². The number of benzene rings is 1. The molecule has 0 saturated heterocycles. The Morgan fingerprint density at radius 1 is 1.43 bits per heavy atom. The molecule has 1 aromatic carbocycles. The maximum Gasteiger partial charge on any atom is 0.158 e. The standard InChI is InChI=1S/C9H10Cl2N2S/c1-5-7(14-9(12)13-2)4-3-6(10)8(5)11/h3-4H,1-2H3,(H2,12,13). The number of nitrogens with zero attached hydrogens (tertiary/aromatic N) is 1. The van der Waals surface area contributed by atoms with Gasteiger partial charge < -0.3 is 5.73 Å². The van der Waals surface area contributed by atoms with Gasteiger partial charge in [0.05, 0.1) is 10.0 Å². The van der Waals surface area contributed by atoms with Gasteiger partial charge in [0.25, 0.3) is 0 Å². The molecule has 0 spiro atoms. The zero-order valence-corrected chi connectivity index (χ0v) is 10.2. The molecule has 0 amide bonds. The molecule has 0 bridgehead atoms. The quantitative estimate of drug-likeness (QED) is 0.471. The molecule has 76 valence electrons. The third kappa shape index (κ3) is 2.56. The van der Waals surface area contributed by atoms with Gasteiger partial charge in [-0.1, -0.05) is 35.0 Å². The number of halogens is 2. The van der Waals surface area contributed by atoms with E-state index in [1.54, 1.807) is 13.1 Å². The van der Waals surface area contributed by atoms with Gasteiger partial charge in [0.1, 0.15) is 0 Å².